The Labute approximate surface area is 101 Å². The lowest BCUT2D eigenvalue weighted by Gasteiger charge is -2.11. The second kappa shape index (κ2) is 5.65. The van der Waals surface area contributed by atoms with Crippen molar-refractivity contribution in [1.29, 1.82) is 5.26 Å². The standard InChI is InChI=1S/C13H16FN3/c14-12-2-1-3-13(11(12)8-15)17-7-5-10-4-6-16-9-10/h1-3,10,16-17H,4-7,9H2. The van der Waals surface area contributed by atoms with E-state index in [1.54, 1.807) is 12.1 Å². The van der Waals surface area contributed by atoms with Gasteiger partial charge in [0.15, 0.2) is 0 Å². The Morgan fingerprint density at radius 3 is 3.12 bits per heavy atom. The van der Waals surface area contributed by atoms with Crippen molar-refractivity contribution >= 4 is 5.69 Å². The molecular formula is C13H16FN3. The van der Waals surface area contributed by atoms with Crippen molar-refractivity contribution in [2.45, 2.75) is 12.8 Å². The Kier molecular flexibility index (Phi) is 3.94. The highest BCUT2D eigenvalue weighted by Gasteiger charge is 2.14. The van der Waals surface area contributed by atoms with Crippen LogP contribution in [0.4, 0.5) is 10.1 Å². The highest BCUT2D eigenvalue weighted by Crippen LogP contribution is 2.18. The molecule has 0 aliphatic carbocycles. The van der Waals surface area contributed by atoms with E-state index in [2.05, 4.69) is 10.6 Å². The van der Waals surface area contributed by atoms with Gasteiger partial charge in [0.2, 0.25) is 0 Å². The maximum Gasteiger partial charge on any atom is 0.143 e. The number of nitrogens with one attached hydrogen (secondary N) is 2. The van der Waals surface area contributed by atoms with Gasteiger partial charge in [0.1, 0.15) is 17.4 Å². The van der Waals surface area contributed by atoms with Gasteiger partial charge in [-0.25, -0.2) is 4.39 Å². The topological polar surface area (TPSA) is 47.9 Å². The number of anilines is 1. The summed E-state index contributed by atoms with van der Waals surface area (Å²) in [5.41, 5.74) is 0.704. The lowest BCUT2D eigenvalue weighted by molar-refractivity contribution is 0.549. The van der Waals surface area contributed by atoms with Gasteiger partial charge in [0.05, 0.1) is 5.69 Å². The second-order valence-corrected chi connectivity index (χ2v) is 4.35. The first-order valence-electron chi connectivity index (χ1n) is 5.94. The summed E-state index contributed by atoms with van der Waals surface area (Å²) in [6.45, 7) is 2.94. The molecule has 0 radical (unpaired) electrons. The number of benzene rings is 1. The molecule has 17 heavy (non-hydrogen) atoms. The molecule has 2 N–H and O–H groups in total. The predicted octanol–water partition coefficient (Wildman–Crippen LogP) is 2.11. The monoisotopic (exact) mass is 233 g/mol. The van der Waals surface area contributed by atoms with Crippen LogP contribution in [-0.4, -0.2) is 19.6 Å². The molecule has 1 atom stereocenters. The van der Waals surface area contributed by atoms with Crippen LogP contribution in [0.1, 0.15) is 18.4 Å². The lowest BCUT2D eigenvalue weighted by atomic mass is 10.1. The van der Waals surface area contributed by atoms with Crippen LogP contribution >= 0.6 is 0 Å². The molecule has 1 aromatic carbocycles. The Morgan fingerprint density at radius 1 is 1.53 bits per heavy atom. The summed E-state index contributed by atoms with van der Waals surface area (Å²) in [6, 6.07) is 6.57. The third-order valence-corrected chi connectivity index (χ3v) is 3.16. The number of rotatable bonds is 4. The summed E-state index contributed by atoms with van der Waals surface area (Å²) >= 11 is 0. The molecule has 1 heterocycles. The maximum atomic E-state index is 13.3. The van der Waals surface area contributed by atoms with E-state index in [4.69, 9.17) is 5.26 Å². The van der Waals surface area contributed by atoms with E-state index in [0.717, 1.165) is 26.1 Å². The van der Waals surface area contributed by atoms with E-state index in [0.29, 0.717) is 11.6 Å². The van der Waals surface area contributed by atoms with Gasteiger partial charge in [0.25, 0.3) is 0 Å². The minimum atomic E-state index is -0.458. The average Bonchev–Trinajstić information content (AvgIpc) is 2.82. The summed E-state index contributed by atoms with van der Waals surface area (Å²) in [7, 11) is 0. The first-order valence-corrected chi connectivity index (χ1v) is 5.94. The molecule has 3 nitrogen and oxygen atoms in total. The lowest BCUT2D eigenvalue weighted by Crippen LogP contribution is -2.13. The summed E-state index contributed by atoms with van der Waals surface area (Å²) in [4.78, 5) is 0. The first-order chi connectivity index (χ1) is 8.31. The molecule has 90 valence electrons. The van der Waals surface area contributed by atoms with Crippen molar-refractivity contribution in [2.24, 2.45) is 5.92 Å². The predicted molar refractivity (Wildman–Crippen MR) is 65.2 cm³/mol. The van der Waals surface area contributed by atoms with E-state index >= 15 is 0 Å². The average molecular weight is 233 g/mol. The number of hydrogen-bond donors (Lipinski definition) is 2. The van der Waals surface area contributed by atoms with Gasteiger partial charge >= 0.3 is 0 Å². The first kappa shape index (κ1) is 11.9. The number of hydrogen-bond acceptors (Lipinski definition) is 3. The van der Waals surface area contributed by atoms with Crippen molar-refractivity contribution < 1.29 is 4.39 Å². The molecule has 1 aliphatic heterocycles. The molecule has 0 amide bonds. The molecular weight excluding hydrogens is 217 g/mol. The van der Waals surface area contributed by atoms with Gasteiger partial charge in [-0.1, -0.05) is 6.07 Å². The van der Waals surface area contributed by atoms with E-state index < -0.39 is 5.82 Å². The molecule has 1 fully saturated rings. The molecule has 0 spiro atoms. The fourth-order valence-corrected chi connectivity index (χ4v) is 2.16. The maximum absolute atomic E-state index is 13.3. The van der Waals surface area contributed by atoms with Crippen LogP contribution in [0.5, 0.6) is 0 Å². The SMILES string of the molecule is N#Cc1c(F)cccc1NCCC1CCNC1. The Hall–Kier alpha value is -1.60. The van der Waals surface area contributed by atoms with Crippen LogP contribution in [0.2, 0.25) is 0 Å². The largest absolute Gasteiger partial charge is 0.384 e. The molecule has 4 heteroatoms. The van der Waals surface area contributed by atoms with Crippen molar-refractivity contribution in [1.82, 2.24) is 5.32 Å². The van der Waals surface area contributed by atoms with E-state index in [9.17, 15) is 4.39 Å². The van der Waals surface area contributed by atoms with Gasteiger partial charge in [-0.2, -0.15) is 5.26 Å². The molecule has 2 rings (SSSR count). The van der Waals surface area contributed by atoms with Gasteiger partial charge in [-0.15, -0.1) is 0 Å². The van der Waals surface area contributed by atoms with Crippen LogP contribution in [0, 0.1) is 23.1 Å². The van der Waals surface area contributed by atoms with Crippen LogP contribution in [0.3, 0.4) is 0 Å². The van der Waals surface area contributed by atoms with Gasteiger partial charge in [-0.3, -0.25) is 0 Å². The minimum Gasteiger partial charge on any atom is -0.384 e. The number of halogens is 1. The van der Waals surface area contributed by atoms with Crippen LogP contribution in [0.15, 0.2) is 18.2 Å². The highest BCUT2D eigenvalue weighted by atomic mass is 19.1. The smallest absolute Gasteiger partial charge is 0.143 e. The molecule has 1 aliphatic rings. The number of nitrogens with zero attached hydrogens (tertiary/aromatic N) is 1. The zero-order chi connectivity index (χ0) is 12.1. The Bertz CT molecular complexity index is 419. The summed E-state index contributed by atoms with van der Waals surface area (Å²) < 4.78 is 13.3. The zero-order valence-corrected chi connectivity index (χ0v) is 9.67. The fraction of sp³-hybridized carbons (Fsp3) is 0.462. The quantitative estimate of drug-likeness (QED) is 0.837. The van der Waals surface area contributed by atoms with Gasteiger partial charge < -0.3 is 10.6 Å². The molecule has 0 saturated carbocycles. The van der Waals surface area contributed by atoms with E-state index in [1.165, 1.54) is 12.5 Å². The van der Waals surface area contributed by atoms with Crippen LogP contribution in [0.25, 0.3) is 0 Å². The Balaban J connectivity index is 1.90. The van der Waals surface area contributed by atoms with Crippen LogP contribution < -0.4 is 10.6 Å². The van der Waals surface area contributed by atoms with E-state index in [1.807, 2.05) is 6.07 Å². The molecule has 1 aromatic rings. The summed E-state index contributed by atoms with van der Waals surface area (Å²) in [5, 5.41) is 15.3. The summed E-state index contributed by atoms with van der Waals surface area (Å²) in [5.74, 6) is 0.238. The summed E-state index contributed by atoms with van der Waals surface area (Å²) in [6.07, 6.45) is 2.25. The van der Waals surface area contributed by atoms with Crippen molar-refractivity contribution in [3.05, 3.63) is 29.6 Å². The van der Waals surface area contributed by atoms with Crippen molar-refractivity contribution in [2.75, 3.05) is 25.0 Å². The zero-order valence-electron chi connectivity index (χ0n) is 9.67. The minimum absolute atomic E-state index is 0.108. The normalized spacial score (nSPS) is 18.9. The molecule has 0 aromatic heterocycles. The molecule has 1 unspecified atom stereocenters. The van der Waals surface area contributed by atoms with Crippen molar-refractivity contribution in [3.8, 4) is 6.07 Å². The van der Waals surface area contributed by atoms with E-state index in [-0.39, 0.29) is 5.56 Å². The second-order valence-electron chi connectivity index (χ2n) is 4.35. The highest BCUT2D eigenvalue weighted by molar-refractivity contribution is 5.57. The fourth-order valence-electron chi connectivity index (χ4n) is 2.16. The molecule has 1 saturated heterocycles. The Morgan fingerprint density at radius 2 is 2.41 bits per heavy atom. The molecule has 0 bridgehead atoms. The van der Waals surface area contributed by atoms with Crippen LogP contribution in [-0.2, 0) is 0 Å². The number of nitriles is 1. The van der Waals surface area contributed by atoms with Gasteiger partial charge in [0, 0.05) is 6.54 Å². The van der Waals surface area contributed by atoms with Gasteiger partial charge in [-0.05, 0) is 44.0 Å². The third kappa shape index (κ3) is 2.95. The third-order valence-electron chi connectivity index (χ3n) is 3.16. The van der Waals surface area contributed by atoms with Crippen molar-refractivity contribution in [3.63, 3.8) is 0 Å².